The van der Waals surface area contributed by atoms with Gasteiger partial charge in [0.15, 0.2) is 11.4 Å². The second-order valence-corrected chi connectivity index (χ2v) is 5.65. The van der Waals surface area contributed by atoms with Gasteiger partial charge in [-0.3, -0.25) is 4.40 Å². The van der Waals surface area contributed by atoms with Gasteiger partial charge in [-0.05, 0) is 12.1 Å². The highest BCUT2D eigenvalue weighted by atomic mass is 16.3. The Morgan fingerprint density at radius 1 is 1.00 bits per heavy atom. The zero-order chi connectivity index (χ0) is 15.6. The predicted octanol–water partition coefficient (Wildman–Crippen LogP) is 3.40. The third-order valence-corrected chi connectivity index (χ3v) is 4.37. The summed E-state index contributed by atoms with van der Waals surface area (Å²) in [5.41, 5.74) is 4.57. The Balaban J connectivity index is 2.06. The van der Waals surface area contributed by atoms with Gasteiger partial charge in [0.2, 0.25) is 5.65 Å². The van der Waals surface area contributed by atoms with Crippen LogP contribution in [0, 0.1) is 0 Å². The topological polar surface area (TPSA) is 60.6 Å². The molecule has 0 aliphatic rings. The molecule has 4 heterocycles. The molecule has 0 atom stereocenters. The maximum Gasteiger partial charge on any atom is 0.202 e. The minimum atomic E-state index is 0.773. The molecule has 5 rings (SSSR count). The van der Waals surface area contributed by atoms with Gasteiger partial charge in [-0.2, -0.15) is 9.61 Å². The summed E-state index contributed by atoms with van der Waals surface area (Å²) >= 11 is 0. The third kappa shape index (κ3) is 1.50. The number of para-hydroxylation sites is 1. The lowest BCUT2D eigenvalue weighted by molar-refractivity contribution is 0.669. The van der Waals surface area contributed by atoms with Crippen molar-refractivity contribution in [2.75, 3.05) is 0 Å². The zero-order valence-electron chi connectivity index (χ0n) is 12.9. The monoisotopic (exact) mass is 305 g/mol. The SMILES string of the molecule is CCc1nnc2c3cc4oc5ccccc5c4n3c(CC)nn12. The van der Waals surface area contributed by atoms with Crippen LogP contribution < -0.4 is 0 Å². The molecule has 0 aliphatic heterocycles. The number of rotatable bonds is 2. The number of furan rings is 1. The molecule has 1 aromatic carbocycles. The lowest BCUT2D eigenvalue weighted by Crippen LogP contribution is -2.07. The number of hydrogen-bond donors (Lipinski definition) is 0. The Hall–Kier alpha value is -2.89. The highest BCUT2D eigenvalue weighted by Crippen LogP contribution is 2.33. The van der Waals surface area contributed by atoms with E-state index in [0.29, 0.717) is 0 Å². The fourth-order valence-electron chi connectivity index (χ4n) is 3.31. The van der Waals surface area contributed by atoms with Crippen LogP contribution in [0.15, 0.2) is 34.7 Å². The zero-order valence-corrected chi connectivity index (χ0v) is 12.9. The second kappa shape index (κ2) is 4.32. The van der Waals surface area contributed by atoms with Gasteiger partial charge < -0.3 is 4.42 Å². The summed E-state index contributed by atoms with van der Waals surface area (Å²) in [5.74, 6) is 1.85. The molecule has 0 unspecified atom stereocenters. The van der Waals surface area contributed by atoms with Gasteiger partial charge in [-0.25, -0.2) is 0 Å². The van der Waals surface area contributed by atoms with E-state index in [1.807, 2.05) is 28.8 Å². The molecule has 0 saturated carbocycles. The van der Waals surface area contributed by atoms with Gasteiger partial charge in [-0.1, -0.05) is 26.0 Å². The number of aromatic nitrogens is 5. The maximum absolute atomic E-state index is 6.01. The van der Waals surface area contributed by atoms with Crippen molar-refractivity contribution in [1.82, 2.24) is 24.2 Å². The Kier molecular flexibility index (Phi) is 2.37. The average Bonchev–Trinajstić information content (AvgIpc) is 3.24. The molecule has 0 saturated heterocycles. The van der Waals surface area contributed by atoms with E-state index in [2.05, 4.69) is 34.5 Å². The molecule has 6 heteroatoms. The molecular weight excluding hydrogens is 290 g/mol. The van der Waals surface area contributed by atoms with Crippen molar-refractivity contribution in [2.45, 2.75) is 26.7 Å². The van der Waals surface area contributed by atoms with Crippen molar-refractivity contribution < 1.29 is 4.42 Å². The van der Waals surface area contributed by atoms with E-state index in [9.17, 15) is 0 Å². The highest BCUT2D eigenvalue weighted by Gasteiger charge is 2.19. The van der Waals surface area contributed by atoms with E-state index in [1.54, 1.807) is 0 Å². The summed E-state index contributed by atoms with van der Waals surface area (Å²) in [6.45, 7) is 4.17. The van der Waals surface area contributed by atoms with Gasteiger partial charge >= 0.3 is 0 Å². The third-order valence-electron chi connectivity index (χ3n) is 4.37. The molecule has 0 radical (unpaired) electrons. The Labute approximate surface area is 131 Å². The normalized spacial score (nSPS) is 12.3. The molecule has 0 spiro atoms. The molecule has 23 heavy (non-hydrogen) atoms. The molecule has 0 amide bonds. The summed E-state index contributed by atoms with van der Waals surface area (Å²) in [4.78, 5) is 0. The van der Waals surface area contributed by atoms with E-state index in [1.165, 1.54) is 0 Å². The second-order valence-electron chi connectivity index (χ2n) is 5.65. The molecule has 6 nitrogen and oxygen atoms in total. The number of nitrogens with zero attached hydrogens (tertiary/aromatic N) is 5. The largest absolute Gasteiger partial charge is 0.454 e. The Morgan fingerprint density at radius 2 is 1.83 bits per heavy atom. The maximum atomic E-state index is 6.01. The lowest BCUT2D eigenvalue weighted by atomic mass is 10.2. The van der Waals surface area contributed by atoms with Crippen LogP contribution in [0.2, 0.25) is 0 Å². The molecule has 0 N–H and O–H groups in total. The van der Waals surface area contributed by atoms with Crippen LogP contribution in [0.3, 0.4) is 0 Å². The van der Waals surface area contributed by atoms with Gasteiger partial charge in [0.1, 0.15) is 16.9 Å². The van der Waals surface area contributed by atoms with Crippen LogP contribution in [0.25, 0.3) is 33.2 Å². The Morgan fingerprint density at radius 3 is 2.65 bits per heavy atom. The summed E-state index contributed by atoms with van der Waals surface area (Å²) in [7, 11) is 0. The van der Waals surface area contributed by atoms with E-state index < -0.39 is 0 Å². The first-order valence-corrected chi connectivity index (χ1v) is 7.87. The first kappa shape index (κ1) is 12.6. The fraction of sp³-hybridized carbons (Fsp3) is 0.235. The minimum absolute atomic E-state index is 0.773. The smallest absolute Gasteiger partial charge is 0.202 e. The molecule has 0 fully saturated rings. The summed E-state index contributed by atoms with van der Waals surface area (Å²) in [6, 6.07) is 10.1. The van der Waals surface area contributed by atoms with E-state index in [-0.39, 0.29) is 0 Å². The van der Waals surface area contributed by atoms with Gasteiger partial charge in [0.05, 0.1) is 5.52 Å². The van der Waals surface area contributed by atoms with Crippen molar-refractivity contribution >= 4 is 33.2 Å². The average molecular weight is 305 g/mol. The van der Waals surface area contributed by atoms with E-state index in [0.717, 1.165) is 57.7 Å². The molecule has 114 valence electrons. The summed E-state index contributed by atoms with van der Waals surface area (Å²) in [5, 5.41) is 14.5. The number of hydrogen-bond acceptors (Lipinski definition) is 4. The van der Waals surface area contributed by atoms with Crippen LogP contribution in [-0.2, 0) is 12.8 Å². The van der Waals surface area contributed by atoms with Crippen molar-refractivity contribution in [3.63, 3.8) is 0 Å². The van der Waals surface area contributed by atoms with E-state index >= 15 is 0 Å². The molecule has 0 aliphatic carbocycles. The van der Waals surface area contributed by atoms with Gasteiger partial charge in [0.25, 0.3) is 0 Å². The molecule has 0 bridgehead atoms. The van der Waals surface area contributed by atoms with Crippen LogP contribution in [0.5, 0.6) is 0 Å². The molecule has 5 aromatic rings. The summed E-state index contributed by atoms with van der Waals surface area (Å²) < 4.78 is 10.0. The molecule has 4 aromatic heterocycles. The number of aryl methyl sites for hydroxylation is 2. The first-order valence-electron chi connectivity index (χ1n) is 7.87. The van der Waals surface area contributed by atoms with Gasteiger partial charge in [0, 0.05) is 24.3 Å². The fourth-order valence-corrected chi connectivity index (χ4v) is 3.31. The summed E-state index contributed by atoms with van der Waals surface area (Å²) in [6.07, 6.45) is 1.62. The highest BCUT2D eigenvalue weighted by molar-refractivity contribution is 6.06. The number of benzene rings is 1. The van der Waals surface area contributed by atoms with Crippen LogP contribution >= 0.6 is 0 Å². The van der Waals surface area contributed by atoms with Crippen LogP contribution in [-0.4, -0.2) is 24.2 Å². The molecular formula is C17H15N5O. The first-order chi connectivity index (χ1) is 11.3. The van der Waals surface area contributed by atoms with Crippen molar-refractivity contribution in [2.24, 2.45) is 0 Å². The van der Waals surface area contributed by atoms with Crippen LogP contribution in [0.4, 0.5) is 0 Å². The van der Waals surface area contributed by atoms with Crippen molar-refractivity contribution in [3.05, 3.63) is 42.0 Å². The predicted molar refractivity (Wildman–Crippen MR) is 87.8 cm³/mol. The van der Waals surface area contributed by atoms with E-state index in [4.69, 9.17) is 9.52 Å². The standard InChI is InChI=1S/C17H15N5O/c1-3-14-18-19-17-11-9-13-16(10-7-5-6-8-12(10)23-13)21(11)15(4-2)20-22(14)17/h5-9H,3-4H2,1-2H3. The lowest BCUT2D eigenvalue weighted by Gasteiger charge is -2.06. The number of fused-ring (bicyclic) bond motifs is 7. The Bertz CT molecular complexity index is 1190. The minimum Gasteiger partial charge on any atom is -0.454 e. The quantitative estimate of drug-likeness (QED) is 0.501. The van der Waals surface area contributed by atoms with Crippen LogP contribution in [0.1, 0.15) is 25.5 Å². The van der Waals surface area contributed by atoms with Gasteiger partial charge in [-0.15, -0.1) is 10.2 Å². The van der Waals surface area contributed by atoms with Crippen molar-refractivity contribution in [1.29, 1.82) is 0 Å². The van der Waals surface area contributed by atoms with Crippen molar-refractivity contribution in [3.8, 4) is 0 Å².